The highest BCUT2D eigenvalue weighted by molar-refractivity contribution is 5.97. The minimum absolute atomic E-state index is 0.0700. The molecule has 0 saturated carbocycles. The second-order valence-electron chi connectivity index (χ2n) is 4.60. The monoisotopic (exact) mass is 314 g/mol. The van der Waals surface area contributed by atoms with Gasteiger partial charge in [0.25, 0.3) is 0 Å². The van der Waals surface area contributed by atoms with E-state index < -0.39 is 0 Å². The number of aryl methyl sites for hydroxylation is 1. The molecule has 0 aliphatic carbocycles. The van der Waals surface area contributed by atoms with Gasteiger partial charge in [0.1, 0.15) is 0 Å². The van der Waals surface area contributed by atoms with Gasteiger partial charge in [-0.15, -0.1) is 6.58 Å². The van der Waals surface area contributed by atoms with Crippen molar-refractivity contribution in [3.8, 4) is 6.07 Å². The third-order valence-corrected chi connectivity index (χ3v) is 2.98. The first-order valence-corrected chi connectivity index (χ1v) is 7.96. The van der Waals surface area contributed by atoms with Gasteiger partial charge in [0.15, 0.2) is 5.78 Å². The van der Waals surface area contributed by atoms with E-state index in [9.17, 15) is 4.79 Å². The van der Waals surface area contributed by atoms with Crippen LogP contribution in [0, 0.1) is 24.2 Å². The summed E-state index contributed by atoms with van der Waals surface area (Å²) >= 11 is 0. The van der Waals surface area contributed by atoms with Crippen molar-refractivity contribution in [1.29, 1.82) is 5.26 Å². The smallest absolute Gasteiger partial charge is 0.160 e. The standard InChI is InChI=1S/C17H19NO.C2H6.CH5N/c1-4-15(12-18)7-5-6-8-16-11-13(2)9-10-17(16)14(3)19;2*1-2/h4,6,8-11,15H,1,5,7H2,2-3H3;1-2H3;2H2,1H3/b8-6+;;. The molecule has 1 aromatic rings. The first-order chi connectivity index (χ1) is 11.1. The number of ketones is 1. The summed E-state index contributed by atoms with van der Waals surface area (Å²) in [4.78, 5) is 11.5. The van der Waals surface area contributed by atoms with Gasteiger partial charge in [0.05, 0.1) is 12.0 Å². The molecule has 0 aliphatic heterocycles. The maximum absolute atomic E-state index is 11.5. The van der Waals surface area contributed by atoms with E-state index >= 15 is 0 Å². The SMILES string of the molecule is C=CC(C#N)CC/C=C/c1cc(C)ccc1C(C)=O.CC.CN. The van der Waals surface area contributed by atoms with Crippen LogP contribution in [0.2, 0.25) is 0 Å². The van der Waals surface area contributed by atoms with Gasteiger partial charge in [-0.05, 0) is 39.3 Å². The number of nitrogens with two attached hydrogens (primary N) is 1. The normalized spacial score (nSPS) is 10.5. The van der Waals surface area contributed by atoms with Crippen LogP contribution in [0.5, 0.6) is 0 Å². The van der Waals surface area contributed by atoms with Crippen LogP contribution in [0.4, 0.5) is 0 Å². The maximum Gasteiger partial charge on any atom is 0.160 e. The summed E-state index contributed by atoms with van der Waals surface area (Å²) in [6.07, 6.45) is 7.20. The molecule has 0 saturated heterocycles. The topological polar surface area (TPSA) is 66.9 Å². The van der Waals surface area contributed by atoms with Crippen molar-refractivity contribution in [1.82, 2.24) is 0 Å². The number of hydrogen-bond acceptors (Lipinski definition) is 3. The van der Waals surface area contributed by atoms with Crippen LogP contribution in [0.1, 0.15) is 55.1 Å². The molecule has 1 unspecified atom stereocenters. The van der Waals surface area contributed by atoms with Crippen LogP contribution in [-0.2, 0) is 0 Å². The summed E-state index contributed by atoms with van der Waals surface area (Å²) in [6, 6.07) is 7.99. The summed E-state index contributed by atoms with van der Waals surface area (Å²) in [5.41, 5.74) is 7.31. The Hall–Kier alpha value is -2.18. The zero-order chi connectivity index (χ0) is 18.3. The number of benzene rings is 1. The number of rotatable bonds is 6. The fourth-order valence-corrected chi connectivity index (χ4v) is 1.86. The molecule has 0 aromatic heterocycles. The lowest BCUT2D eigenvalue weighted by Crippen LogP contribution is -1.96. The number of nitrogens with zero attached hydrogens (tertiary/aromatic N) is 1. The van der Waals surface area contributed by atoms with Crippen LogP contribution >= 0.6 is 0 Å². The fourth-order valence-electron chi connectivity index (χ4n) is 1.86. The molecule has 0 radical (unpaired) electrons. The molecule has 0 aliphatic rings. The average molecular weight is 314 g/mol. The highest BCUT2D eigenvalue weighted by Gasteiger charge is 2.04. The molecule has 126 valence electrons. The van der Waals surface area contributed by atoms with Crippen molar-refractivity contribution >= 4 is 11.9 Å². The van der Waals surface area contributed by atoms with Gasteiger partial charge >= 0.3 is 0 Å². The summed E-state index contributed by atoms with van der Waals surface area (Å²) in [5, 5.41) is 8.81. The molecule has 0 bridgehead atoms. The highest BCUT2D eigenvalue weighted by atomic mass is 16.1. The second-order valence-corrected chi connectivity index (χ2v) is 4.60. The number of nitriles is 1. The predicted molar refractivity (Wildman–Crippen MR) is 100 cm³/mol. The second kappa shape index (κ2) is 14.7. The Kier molecular flexibility index (Phi) is 14.8. The van der Waals surface area contributed by atoms with E-state index in [1.807, 2.05) is 51.1 Å². The molecule has 0 amide bonds. The van der Waals surface area contributed by atoms with Crippen LogP contribution in [0.15, 0.2) is 36.9 Å². The minimum atomic E-state index is -0.102. The Balaban J connectivity index is 0. The van der Waals surface area contributed by atoms with Crippen molar-refractivity contribution in [2.75, 3.05) is 7.05 Å². The molecule has 1 aromatic carbocycles. The number of hydrogen-bond donors (Lipinski definition) is 1. The molecular weight excluding hydrogens is 284 g/mol. The van der Waals surface area contributed by atoms with Crippen LogP contribution in [-0.4, -0.2) is 12.8 Å². The molecule has 0 heterocycles. The highest BCUT2D eigenvalue weighted by Crippen LogP contribution is 2.15. The zero-order valence-electron chi connectivity index (χ0n) is 15.1. The molecule has 3 heteroatoms. The summed E-state index contributed by atoms with van der Waals surface area (Å²) in [6.45, 7) is 11.2. The van der Waals surface area contributed by atoms with Crippen molar-refractivity contribution in [2.24, 2.45) is 11.7 Å². The minimum Gasteiger partial charge on any atom is -0.333 e. The Morgan fingerprint density at radius 2 is 2.00 bits per heavy atom. The molecule has 23 heavy (non-hydrogen) atoms. The summed E-state index contributed by atoms with van der Waals surface area (Å²) in [7, 11) is 1.50. The number of carbonyl (C=O) groups excluding carboxylic acids is 1. The lowest BCUT2D eigenvalue weighted by molar-refractivity contribution is 0.101. The molecule has 1 rings (SSSR count). The van der Waals surface area contributed by atoms with Crippen LogP contribution in [0.3, 0.4) is 0 Å². The van der Waals surface area contributed by atoms with Gasteiger partial charge in [0.2, 0.25) is 0 Å². The van der Waals surface area contributed by atoms with E-state index in [-0.39, 0.29) is 11.7 Å². The molecule has 1 atom stereocenters. The van der Waals surface area contributed by atoms with E-state index in [4.69, 9.17) is 5.26 Å². The lowest BCUT2D eigenvalue weighted by Gasteiger charge is -2.04. The predicted octanol–water partition coefficient (Wildman–Crippen LogP) is 4.92. The largest absolute Gasteiger partial charge is 0.333 e. The van der Waals surface area contributed by atoms with E-state index in [1.165, 1.54) is 7.05 Å². The fraction of sp³-hybridized carbons (Fsp3) is 0.400. The molecule has 3 nitrogen and oxygen atoms in total. The maximum atomic E-state index is 11.5. The van der Waals surface area contributed by atoms with Gasteiger partial charge < -0.3 is 5.73 Å². The first-order valence-electron chi connectivity index (χ1n) is 7.96. The van der Waals surface area contributed by atoms with Crippen molar-refractivity contribution in [3.63, 3.8) is 0 Å². The Bertz CT molecular complexity index is 539. The third-order valence-electron chi connectivity index (χ3n) is 2.98. The Labute approximate surface area is 141 Å². The van der Waals surface area contributed by atoms with Crippen molar-refractivity contribution in [2.45, 2.75) is 40.5 Å². The van der Waals surface area contributed by atoms with Crippen LogP contribution in [0.25, 0.3) is 6.08 Å². The third kappa shape index (κ3) is 9.44. The molecule has 0 fully saturated rings. The van der Waals surface area contributed by atoms with Gasteiger partial charge in [-0.3, -0.25) is 4.79 Å². The average Bonchev–Trinajstić information content (AvgIpc) is 2.58. The van der Waals surface area contributed by atoms with Gasteiger partial charge in [0, 0.05) is 5.56 Å². The van der Waals surface area contributed by atoms with E-state index in [2.05, 4.69) is 18.4 Å². The van der Waals surface area contributed by atoms with Crippen molar-refractivity contribution < 1.29 is 4.79 Å². The molecule has 2 N–H and O–H groups in total. The Morgan fingerprint density at radius 3 is 2.48 bits per heavy atom. The van der Waals surface area contributed by atoms with Crippen molar-refractivity contribution in [3.05, 3.63) is 53.6 Å². The van der Waals surface area contributed by atoms with Gasteiger partial charge in [-0.1, -0.05) is 55.8 Å². The number of allylic oxidation sites excluding steroid dienone is 2. The van der Waals surface area contributed by atoms with E-state index in [0.29, 0.717) is 0 Å². The summed E-state index contributed by atoms with van der Waals surface area (Å²) in [5.74, 6) is -0.0323. The Morgan fingerprint density at radius 1 is 1.39 bits per heavy atom. The first kappa shape index (κ1) is 23.1. The van der Waals surface area contributed by atoms with Gasteiger partial charge in [-0.2, -0.15) is 5.26 Å². The molecule has 0 spiro atoms. The van der Waals surface area contributed by atoms with Gasteiger partial charge in [-0.25, -0.2) is 0 Å². The van der Waals surface area contributed by atoms with E-state index in [1.54, 1.807) is 13.0 Å². The lowest BCUT2D eigenvalue weighted by atomic mass is 10.00. The summed E-state index contributed by atoms with van der Waals surface area (Å²) < 4.78 is 0. The quantitative estimate of drug-likeness (QED) is 0.598. The van der Waals surface area contributed by atoms with Crippen LogP contribution < -0.4 is 5.73 Å². The number of Topliss-reactive ketones (excluding diaryl/α,β-unsaturated/α-hetero) is 1. The molecular formula is C20H30N2O. The van der Waals surface area contributed by atoms with E-state index in [0.717, 1.165) is 29.5 Å². The number of carbonyl (C=O) groups is 1. The zero-order valence-corrected chi connectivity index (χ0v) is 15.1.